The van der Waals surface area contributed by atoms with Crippen molar-refractivity contribution in [3.63, 3.8) is 0 Å². The second-order valence-corrected chi connectivity index (χ2v) is 5.82. The minimum absolute atomic E-state index is 0.684. The summed E-state index contributed by atoms with van der Waals surface area (Å²) in [5, 5.41) is 20.8. The second-order valence-electron chi connectivity index (χ2n) is 4.76. The van der Waals surface area contributed by atoms with Crippen LogP contribution < -0.4 is 5.32 Å². The number of hydrogen-bond donors (Lipinski definition) is 2. The topological polar surface area (TPSA) is 66.5 Å². The summed E-state index contributed by atoms with van der Waals surface area (Å²) in [6.07, 6.45) is 2.73. The van der Waals surface area contributed by atoms with E-state index in [-0.39, 0.29) is 0 Å². The van der Waals surface area contributed by atoms with E-state index in [0.717, 1.165) is 40.8 Å². The predicted molar refractivity (Wildman–Crippen MR) is 73.6 cm³/mol. The van der Waals surface area contributed by atoms with Gasteiger partial charge < -0.3 is 5.32 Å². The van der Waals surface area contributed by atoms with E-state index in [9.17, 15) is 0 Å². The van der Waals surface area contributed by atoms with Gasteiger partial charge in [-0.05, 0) is 19.4 Å². The SMILES string of the molecule is Cc1[nH]ncc1-c1nnc(CCNCC(C)C)s1. The number of H-pyrrole nitrogens is 1. The summed E-state index contributed by atoms with van der Waals surface area (Å²) in [4.78, 5) is 0. The molecule has 0 spiro atoms. The average molecular weight is 265 g/mol. The Morgan fingerprint density at radius 3 is 2.89 bits per heavy atom. The van der Waals surface area contributed by atoms with Crippen molar-refractivity contribution in [1.82, 2.24) is 25.7 Å². The lowest BCUT2D eigenvalue weighted by molar-refractivity contribution is 0.553. The average Bonchev–Trinajstić information content (AvgIpc) is 2.92. The van der Waals surface area contributed by atoms with Gasteiger partial charge in [-0.25, -0.2) is 0 Å². The van der Waals surface area contributed by atoms with Crippen molar-refractivity contribution in [2.75, 3.05) is 13.1 Å². The Labute approximate surface area is 111 Å². The van der Waals surface area contributed by atoms with Gasteiger partial charge in [-0.1, -0.05) is 25.2 Å². The third-order valence-corrected chi connectivity index (χ3v) is 3.61. The molecule has 2 aromatic rings. The third-order valence-electron chi connectivity index (χ3n) is 2.60. The van der Waals surface area contributed by atoms with Crippen LogP contribution in [0.5, 0.6) is 0 Å². The first kappa shape index (κ1) is 13.2. The van der Waals surface area contributed by atoms with E-state index in [1.54, 1.807) is 17.5 Å². The zero-order valence-electron chi connectivity index (χ0n) is 11.0. The Bertz CT molecular complexity index is 488. The van der Waals surface area contributed by atoms with E-state index >= 15 is 0 Å². The van der Waals surface area contributed by atoms with Crippen molar-refractivity contribution in [3.05, 3.63) is 16.9 Å². The van der Waals surface area contributed by atoms with Crippen LogP contribution in [0.25, 0.3) is 10.6 Å². The molecule has 18 heavy (non-hydrogen) atoms. The van der Waals surface area contributed by atoms with E-state index in [1.165, 1.54) is 0 Å². The number of hydrogen-bond acceptors (Lipinski definition) is 5. The van der Waals surface area contributed by atoms with Crippen LogP contribution in [0, 0.1) is 12.8 Å². The molecule has 98 valence electrons. The molecule has 0 aliphatic heterocycles. The third kappa shape index (κ3) is 3.36. The minimum atomic E-state index is 0.684. The van der Waals surface area contributed by atoms with E-state index < -0.39 is 0 Å². The number of aryl methyl sites for hydroxylation is 1. The highest BCUT2D eigenvalue weighted by Crippen LogP contribution is 2.24. The fourth-order valence-electron chi connectivity index (χ4n) is 1.62. The molecule has 0 bridgehead atoms. The fraction of sp³-hybridized carbons (Fsp3) is 0.583. The van der Waals surface area contributed by atoms with Crippen molar-refractivity contribution < 1.29 is 0 Å². The smallest absolute Gasteiger partial charge is 0.151 e. The lowest BCUT2D eigenvalue weighted by Crippen LogP contribution is -2.22. The zero-order valence-corrected chi connectivity index (χ0v) is 11.8. The van der Waals surface area contributed by atoms with E-state index in [1.807, 2.05) is 6.92 Å². The summed E-state index contributed by atoms with van der Waals surface area (Å²) in [7, 11) is 0. The maximum atomic E-state index is 4.22. The summed E-state index contributed by atoms with van der Waals surface area (Å²) in [5.41, 5.74) is 2.09. The van der Waals surface area contributed by atoms with Gasteiger partial charge in [-0.2, -0.15) is 5.10 Å². The molecule has 0 aliphatic carbocycles. The van der Waals surface area contributed by atoms with Gasteiger partial charge in [0.2, 0.25) is 0 Å². The van der Waals surface area contributed by atoms with Crippen LogP contribution >= 0.6 is 11.3 Å². The monoisotopic (exact) mass is 265 g/mol. The zero-order chi connectivity index (χ0) is 13.0. The number of nitrogens with zero attached hydrogens (tertiary/aromatic N) is 3. The standard InChI is InChI=1S/C12H19N5S/c1-8(2)6-13-5-4-11-16-17-12(18-11)10-7-14-15-9(10)3/h7-8,13H,4-6H2,1-3H3,(H,14,15). The Kier molecular flexibility index (Phi) is 4.43. The highest BCUT2D eigenvalue weighted by Gasteiger charge is 2.10. The van der Waals surface area contributed by atoms with Crippen LogP contribution in [0.15, 0.2) is 6.20 Å². The van der Waals surface area contributed by atoms with E-state index in [0.29, 0.717) is 5.92 Å². The van der Waals surface area contributed by atoms with Crippen LogP contribution in [0.4, 0.5) is 0 Å². The van der Waals surface area contributed by atoms with Crippen LogP contribution in [0.2, 0.25) is 0 Å². The molecular weight excluding hydrogens is 246 g/mol. The maximum absolute atomic E-state index is 4.22. The molecule has 2 heterocycles. The molecule has 0 saturated heterocycles. The Morgan fingerprint density at radius 2 is 2.22 bits per heavy atom. The van der Waals surface area contributed by atoms with Gasteiger partial charge in [0.1, 0.15) is 5.01 Å². The van der Waals surface area contributed by atoms with Crippen molar-refractivity contribution >= 4 is 11.3 Å². The molecule has 2 aromatic heterocycles. The molecule has 0 saturated carbocycles. The van der Waals surface area contributed by atoms with Crippen LogP contribution in [0.3, 0.4) is 0 Å². The first-order valence-electron chi connectivity index (χ1n) is 6.20. The fourth-order valence-corrected chi connectivity index (χ4v) is 2.52. The highest BCUT2D eigenvalue weighted by molar-refractivity contribution is 7.14. The van der Waals surface area contributed by atoms with Crippen LogP contribution in [-0.4, -0.2) is 33.5 Å². The van der Waals surface area contributed by atoms with Crippen LogP contribution in [-0.2, 0) is 6.42 Å². The quantitative estimate of drug-likeness (QED) is 0.784. The Balaban J connectivity index is 1.89. The minimum Gasteiger partial charge on any atom is -0.316 e. The molecule has 2 rings (SSSR count). The largest absolute Gasteiger partial charge is 0.316 e. The summed E-state index contributed by atoms with van der Waals surface area (Å²) in [6.45, 7) is 8.41. The molecule has 2 N–H and O–H groups in total. The van der Waals surface area contributed by atoms with Crippen molar-refractivity contribution in [3.8, 4) is 10.6 Å². The number of aromatic amines is 1. The molecule has 0 atom stereocenters. The van der Waals surface area contributed by atoms with Gasteiger partial charge in [0, 0.05) is 18.7 Å². The Hall–Kier alpha value is -1.27. The predicted octanol–water partition coefficient (Wildman–Crippen LogP) is 2.02. The molecule has 0 fully saturated rings. The first-order valence-corrected chi connectivity index (χ1v) is 7.02. The number of aromatic nitrogens is 4. The lowest BCUT2D eigenvalue weighted by atomic mass is 10.2. The van der Waals surface area contributed by atoms with E-state index in [4.69, 9.17) is 0 Å². The lowest BCUT2D eigenvalue weighted by Gasteiger charge is -2.05. The van der Waals surface area contributed by atoms with Gasteiger partial charge in [-0.15, -0.1) is 10.2 Å². The molecular formula is C12H19N5S. The molecule has 0 amide bonds. The van der Waals surface area contributed by atoms with Gasteiger partial charge in [0.05, 0.1) is 11.8 Å². The molecule has 5 nitrogen and oxygen atoms in total. The maximum Gasteiger partial charge on any atom is 0.151 e. The first-order chi connectivity index (χ1) is 8.66. The van der Waals surface area contributed by atoms with Gasteiger partial charge in [-0.3, -0.25) is 5.10 Å². The molecule has 0 unspecified atom stereocenters. The van der Waals surface area contributed by atoms with Crippen molar-refractivity contribution in [1.29, 1.82) is 0 Å². The van der Waals surface area contributed by atoms with E-state index in [2.05, 4.69) is 39.6 Å². The second kappa shape index (κ2) is 6.06. The number of rotatable bonds is 6. The summed E-state index contributed by atoms with van der Waals surface area (Å²) < 4.78 is 0. The molecule has 0 aliphatic rings. The van der Waals surface area contributed by atoms with Crippen molar-refractivity contribution in [2.24, 2.45) is 5.92 Å². The summed E-state index contributed by atoms with van der Waals surface area (Å²) in [5.74, 6) is 0.684. The normalized spacial score (nSPS) is 11.3. The van der Waals surface area contributed by atoms with Crippen LogP contribution in [0.1, 0.15) is 24.5 Å². The van der Waals surface area contributed by atoms with Gasteiger partial charge in [0.15, 0.2) is 5.01 Å². The molecule has 0 aromatic carbocycles. The molecule has 6 heteroatoms. The Morgan fingerprint density at radius 1 is 1.39 bits per heavy atom. The summed E-state index contributed by atoms with van der Waals surface area (Å²) >= 11 is 1.64. The summed E-state index contributed by atoms with van der Waals surface area (Å²) in [6, 6.07) is 0. The molecule has 0 radical (unpaired) electrons. The number of nitrogens with one attached hydrogen (secondary N) is 2. The highest BCUT2D eigenvalue weighted by atomic mass is 32.1. The van der Waals surface area contributed by atoms with Gasteiger partial charge in [0.25, 0.3) is 0 Å². The van der Waals surface area contributed by atoms with Gasteiger partial charge >= 0.3 is 0 Å². The van der Waals surface area contributed by atoms with Crippen molar-refractivity contribution in [2.45, 2.75) is 27.2 Å².